The van der Waals surface area contributed by atoms with Gasteiger partial charge in [0.1, 0.15) is 5.75 Å². The van der Waals surface area contributed by atoms with Gasteiger partial charge < -0.3 is 14.8 Å². The Kier molecular flexibility index (Phi) is 7.24. The van der Waals surface area contributed by atoms with E-state index in [9.17, 15) is 18.0 Å². The number of rotatable bonds is 8. The first kappa shape index (κ1) is 20.8. The van der Waals surface area contributed by atoms with Crippen molar-refractivity contribution in [2.45, 2.75) is 25.1 Å². The monoisotopic (exact) mass is 381 g/mol. The van der Waals surface area contributed by atoms with Gasteiger partial charge in [0, 0.05) is 20.1 Å². The molecule has 1 atom stereocenters. The highest BCUT2D eigenvalue weighted by molar-refractivity contribution is 5.76. The van der Waals surface area contributed by atoms with Crippen LogP contribution in [0.4, 0.5) is 13.2 Å². The van der Waals surface area contributed by atoms with Gasteiger partial charge in [-0.05, 0) is 41.8 Å². The lowest BCUT2D eigenvalue weighted by molar-refractivity contribution is -0.137. The van der Waals surface area contributed by atoms with E-state index in [1.54, 1.807) is 14.2 Å². The number of benzene rings is 2. The number of methoxy groups -OCH3 is 2. The average Bonchev–Trinajstić information content (AvgIpc) is 2.66. The summed E-state index contributed by atoms with van der Waals surface area (Å²) in [5, 5.41) is 2.79. The second-order valence-electron chi connectivity index (χ2n) is 6.00. The van der Waals surface area contributed by atoms with Crippen molar-refractivity contribution in [3.05, 3.63) is 65.2 Å². The lowest BCUT2D eigenvalue weighted by Crippen LogP contribution is -2.29. The van der Waals surface area contributed by atoms with E-state index in [0.29, 0.717) is 17.7 Å². The fourth-order valence-corrected chi connectivity index (χ4v) is 2.59. The van der Waals surface area contributed by atoms with Gasteiger partial charge in [-0.1, -0.05) is 24.3 Å². The number of hydrogen-bond acceptors (Lipinski definition) is 3. The first-order chi connectivity index (χ1) is 12.8. The van der Waals surface area contributed by atoms with E-state index in [2.05, 4.69) is 5.32 Å². The van der Waals surface area contributed by atoms with E-state index in [1.807, 2.05) is 24.3 Å². The maximum Gasteiger partial charge on any atom is 0.416 e. The van der Waals surface area contributed by atoms with Gasteiger partial charge in [-0.15, -0.1) is 0 Å². The Hall–Kier alpha value is -2.54. The molecule has 0 spiro atoms. The predicted molar refractivity (Wildman–Crippen MR) is 95.5 cm³/mol. The first-order valence-corrected chi connectivity index (χ1v) is 8.43. The van der Waals surface area contributed by atoms with Gasteiger partial charge >= 0.3 is 6.18 Å². The van der Waals surface area contributed by atoms with E-state index < -0.39 is 11.7 Å². The summed E-state index contributed by atoms with van der Waals surface area (Å²) in [4.78, 5) is 12.0. The molecule has 0 aliphatic heterocycles. The van der Waals surface area contributed by atoms with Crippen LogP contribution >= 0.6 is 0 Å². The Balaban J connectivity index is 1.84. The van der Waals surface area contributed by atoms with Crippen LogP contribution < -0.4 is 10.1 Å². The number of halogens is 3. The van der Waals surface area contributed by atoms with Crippen LogP contribution in [0.5, 0.6) is 5.75 Å². The van der Waals surface area contributed by atoms with Crippen LogP contribution in [0.1, 0.15) is 29.2 Å². The molecule has 2 aromatic rings. The fourth-order valence-electron chi connectivity index (χ4n) is 2.59. The largest absolute Gasteiger partial charge is 0.497 e. The van der Waals surface area contributed by atoms with Crippen LogP contribution in [0, 0.1) is 0 Å². The molecule has 4 nitrogen and oxygen atoms in total. The molecule has 0 fully saturated rings. The molecule has 0 heterocycles. The molecular weight excluding hydrogens is 359 g/mol. The average molecular weight is 381 g/mol. The van der Waals surface area contributed by atoms with E-state index in [1.165, 1.54) is 12.1 Å². The van der Waals surface area contributed by atoms with Crippen molar-refractivity contribution in [1.29, 1.82) is 0 Å². The molecule has 146 valence electrons. The van der Waals surface area contributed by atoms with Gasteiger partial charge in [0.2, 0.25) is 5.91 Å². The third-order valence-corrected chi connectivity index (χ3v) is 4.16. The van der Waals surface area contributed by atoms with Crippen LogP contribution in [-0.2, 0) is 22.1 Å². The van der Waals surface area contributed by atoms with Crippen molar-refractivity contribution in [2.75, 3.05) is 20.8 Å². The standard InChI is InChI=1S/C20H22F3NO3/c1-26-17-5-3-4-15(12-17)18(27-2)13-24-19(25)11-8-14-6-9-16(10-7-14)20(21,22)23/h3-7,9-10,12,18H,8,11,13H2,1-2H3,(H,24,25). The Morgan fingerprint density at radius 3 is 2.41 bits per heavy atom. The number of alkyl halides is 3. The zero-order valence-electron chi connectivity index (χ0n) is 15.2. The molecule has 2 rings (SSSR count). The highest BCUT2D eigenvalue weighted by Gasteiger charge is 2.29. The molecule has 0 aliphatic rings. The summed E-state index contributed by atoms with van der Waals surface area (Å²) in [5.74, 6) is 0.503. The zero-order valence-corrected chi connectivity index (χ0v) is 15.2. The Morgan fingerprint density at radius 1 is 1.11 bits per heavy atom. The topological polar surface area (TPSA) is 47.6 Å². The van der Waals surface area contributed by atoms with Gasteiger partial charge in [0.05, 0.1) is 18.8 Å². The van der Waals surface area contributed by atoms with Gasteiger partial charge in [-0.2, -0.15) is 13.2 Å². The Morgan fingerprint density at radius 2 is 1.81 bits per heavy atom. The molecule has 0 aliphatic carbocycles. The second-order valence-corrected chi connectivity index (χ2v) is 6.00. The lowest BCUT2D eigenvalue weighted by Gasteiger charge is -2.17. The van der Waals surface area contributed by atoms with Crippen molar-refractivity contribution < 1.29 is 27.4 Å². The molecule has 7 heteroatoms. The molecule has 1 amide bonds. The molecule has 27 heavy (non-hydrogen) atoms. The van der Waals surface area contributed by atoms with Crippen LogP contribution in [0.25, 0.3) is 0 Å². The number of ether oxygens (including phenoxy) is 2. The fraction of sp³-hybridized carbons (Fsp3) is 0.350. The van der Waals surface area contributed by atoms with E-state index in [0.717, 1.165) is 17.7 Å². The van der Waals surface area contributed by atoms with E-state index >= 15 is 0 Å². The zero-order chi connectivity index (χ0) is 19.9. The van der Waals surface area contributed by atoms with Gasteiger partial charge in [-0.3, -0.25) is 4.79 Å². The normalized spacial score (nSPS) is 12.5. The van der Waals surface area contributed by atoms with Crippen LogP contribution in [0.3, 0.4) is 0 Å². The summed E-state index contributed by atoms with van der Waals surface area (Å²) >= 11 is 0. The maximum absolute atomic E-state index is 12.5. The lowest BCUT2D eigenvalue weighted by atomic mass is 10.1. The first-order valence-electron chi connectivity index (χ1n) is 8.43. The number of carbonyl (C=O) groups is 1. The molecule has 0 radical (unpaired) electrons. The summed E-state index contributed by atoms with van der Waals surface area (Å²) < 4.78 is 48.2. The maximum atomic E-state index is 12.5. The summed E-state index contributed by atoms with van der Waals surface area (Å²) in [6.07, 6.45) is -4.14. The van der Waals surface area contributed by atoms with Crippen molar-refractivity contribution >= 4 is 5.91 Å². The molecule has 0 bridgehead atoms. The van der Waals surface area contributed by atoms with Gasteiger partial charge in [-0.25, -0.2) is 0 Å². The number of amides is 1. The molecule has 0 saturated carbocycles. The van der Waals surface area contributed by atoms with Crippen molar-refractivity contribution in [1.82, 2.24) is 5.32 Å². The molecule has 0 saturated heterocycles. The summed E-state index contributed by atoms with van der Waals surface area (Å²) in [5.41, 5.74) is 0.853. The minimum atomic E-state index is -4.36. The third kappa shape index (κ3) is 6.29. The highest BCUT2D eigenvalue weighted by atomic mass is 19.4. The smallest absolute Gasteiger partial charge is 0.416 e. The quantitative estimate of drug-likeness (QED) is 0.747. The Labute approximate surface area is 156 Å². The summed E-state index contributed by atoms with van der Waals surface area (Å²) in [7, 11) is 3.13. The van der Waals surface area contributed by atoms with E-state index in [4.69, 9.17) is 9.47 Å². The van der Waals surface area contributed by atoms with Crippen molar-refractivity contribution in [2.24, 2.45) is 0 Å². The number of hydrogen-bond donors (Lipinski definition) is 1. The van der Waals surface area contributed by atoms with Crippen LogP contribution in [0.15, 0.2) is 48.5 Å². The second kappa shape index (κ2) is 9.41. The van der Waals surface area contributed by atoms with Crippen LogP contribution in [0.2, 0.25) is 0 Å². The van der Waals surface area contributed by atoms with Crippen molar-refractivity contribution in [3.63, 3.8) is 0 Å². The molecular formula is C20H22F3NO3. The van der Waals surface area contributed by atoms with Gasteiger partial charge in [0.25, 0.3) is 0 Å². The van der Waals surface area contributed by atoms with Crippen LogP contribution in [-0.4, -0.2) is 26.7 Å². The molecule has 1 unspecified atom stereocenters. The predicted octanol–water partition coefficient (Wildman–Crippen LogP) is 4.15. The highest BCUT2D eigenvalue weighted by Crippen LogP contribution is 2.29. The summed E-state index contributed by atoms with van der Waals surface area (Å²) in [6.45, 7) is 0.287. The van der Waals surface area contributed by atoms with Crippen molar-refractivity contribution in [3.8, 4) is 5.75 Å². The molecule has 2 aromatic carbocycles. The molecule has 0 aromatic heterocycles. The van der Waals surface area contributed by atoms with E-state index in [-0.39, 0.29) is 25.0 Å². The summed E-state index contributed by atoms with van der Waals surface area (Å²) in [6, 6.07) is 12.2. The third-order valence-electron chi connectivity index (χ3n) is 4.16. The Bertz CT molecular complexity index is 745. The number of aryl methyl sites for hydroxylation is 1. The number of nitrogens with one attached hydrogen (secondary N) is 1. The van der Waals surface area contributed by atoms with Gasteiger partial charge in [0.15, 0.2) is 0 Å². The molecule has 1 N–H and O–H groups in total. The SMILES string of the molecule is COc1cccc(C(CNC(=O)CCc2ccc(C(F)(F)F)cc2)OC)c1. The number of carbonyl (C=O) groups excluding carboxylic acids is 1. The minimum absolute atomic E-state index is 0.180. The minimum Gasteiger partial charge on any atom is -0.497 e.